The molecule has 0 saturated carbocycles. The van der Waals surface area contributed by atoms with Crippen molar-refractivity contribution in [2.75, 3.05) is 20.3 Å². The third-order valence-corrected chi connectivity index (χ3v) is 6.22. The van der Waals surface area contributed by atoms with Gasteiger partial charge in [0, 0.05) is 18.3 Å². The lowest BCUT2D eigenvalue weighted by molar-refractivity contribution is -0.131. The maximum Gasteiger partial charge on any atom is 0.250 e. The first kappa shape index (κ1) is 20.4. The average Bonchev–Trinajstić information content (AvgIpc) is 3.26. The van der Waals surface area contributed by atoms with Crippen LogP contribution < -0.4 is 9.47 Å². The number of aryl methyl sites for hydroxylation is 1. The molecule has 2 aliphatic rings. The van der Waals surface area contributed by atoms with Crippen molar-refractivity contribution in [3.05, 3.63) is 77.4 Å². The maximum atomic E-state index is 13.3. The number of piperidine rings is 1. The predicted octanol–water partition coefficient (Wildman–Crippen LogP) is 4.20. The summed E-state index contributed by atoms with van der Waals surface area (Å²) in [6.45, 7) is 3.27. The Balaban J connectivity index is 1.38. The lowest BCUT2D eigenvalue weighted by Crippen LogP contribution is -2.49. The van der Waals surface area contributed by atoms with Crippen LogP contribution in [0.2, 0.25) is 0 Å². The van der Waals surface area contributed by atoms with Gasteiger partial charge >= 0.3 is 0 Å². The minimum absolute atomic E-state index is 0.0718. The quantitative estimate of drug-likeness (QED) is 0.584. The van der Waals surface area contributed by atoms with E-state index in [4.69, 9.17) is 9.47 Å². The second kappa shape index (κ2) is 8.54. The van der Waals surface area contributed by atoms with E-state index in [0.29, 0.717) is 6.61 Å². The smallest absolute Gasteiger partial charge is 0.250 e. The van der Waals surface area contributed by atoms with E-state index in [9.17, 15) is 4.79 Å². The van der Waals surface area contributed by atoms with Gasteiger partial charge in [-0.05, 0) is 61.6 Å². The van der Waals surface area contributed by atoms with Crippen LogP contribution in [0.15, 0.2) is 60.6 Å². The van der Waals surface area contributed by atoms with Crippen LogP contribution >= 0.6 is 0 Å². The van der Waals surface area contributed by atoms with E-state index in [1.807, 2.05) is 65.1 Å². The van der Waals surface area contributed by atoms with E-state index in [0.717, 1.165) is 59.8 Å². The molecule has 0 radical (unpaired) electrons. The van der Waals surface area contributed by atoms with E-state index in [2.05, 4.69) is 11.1 Å². The molecule has 0 bridgehead atoms. The summed E-state index contributed by atoms with van der Waals surface area (Å²) in [4.78, 5) is 19.6. The Bertz CT molecular complexity index is 1180. The zero-order chi connectivity index (χ0) is 22.1. The minimum Gasteiger partial charge on any atom is -0.495 e. The molecule has 1 amide bonds. The molecule has 1 saturated heterocycles. The molecule has 0 spiro atoms. The van der Waals surface area contributed by atoms with Crippen molar-refractivity contribution in [1.29, 1.82) is 0 Å². The van der Waals surface area contributed by atoms with Crippen LogP contribution in [0.5, 0.6) is 11.5 Å². The standard InChI is InChI=1S/C26H27N3O3/c1-18-15-28(17-27-18)23-10-9-19(13-25(23)31-2)12-21-7-5-11-29(26(21)30)22-14-20-6-3-4-8-24(20)32-16-22/h3-4,6,8-10,12-13,15,17,22H,5,7,11,14,16H2,1-2H3/t22-/m0/s1. The number of hydrogen-bond donors (Lipinski definition) is 0. The molecule has 2 aromatic carbocycles. The fourth-order valence-corrected chi connectivity index (χ4v) is 4.58. The second-order valence-corrected chi connectivity index (χ2v) is 8.40. The third-order valence-electron chi connectivity index (χ3n) is 6.22. The number of amides is 1. The molecule has 6 heteroatoms. The average molecular weight is 430 g/mol. The van der Waals surface area contributed by atoms with Gasteiger partial charge in [0.1, 0.15) is 18.1 Å². The maximum absolute atomic E-state index is 13.3. The second-order valence-electron chi connectivity index (χ2n) is 8.40. The molecule has 6 nitrogen and oxygen atoms in total. The van der Waals surface area contributed by atoms with Crippen molar-refractivity contribution in [1.82, 2.24) is 14.5 Å². The van der Waals surface area contributed by atoms with Gasteiger partial charge < -0.3 is 18.9 Å². The van der Waals surface area contributed by atoms with Gasteiger partial charge in [0.2, 0.25) is 5.91 Å². The Hall–Kier alpha value is -3.54. The summed E-state index contributed by atoms with van der Waals surface area (Å²) in [7, 11) is 1.66. The highest BCUT2D eigenvalue weighted by Crippen LogP contribution is 2.31. The summed E-state index contributed by atoms with van der Waals surface area (Å²) in [5, 5.41) is 0. The van der Waals surface area contributed by atoms with E-state index in [1.54, 1.807) is 13.4 Å². The Morgan fingerprint density at radius 2 is 2.09 bits per heavy atom. The first-order valence-corrected chi connectivity index (χ1v) is 11.0. The van der Waals surface area contributed by atoms with E-state index >= 15 is 0 Å². The van der Waals surface area contributed by atoms with Crippen molar-refractivity contribution in [2.45, 2.75) is 32.2 Å². The lowest BCUT2D eigenvalue weighted by Gasteiger charge is -2.38. The van der Waals surface area contributed by atoms with Crippen LogP contribution in [0.1, 0.15) is 29.7 Å². The fraction of sp³-hybridized carbons (Fsp3) is 0.308. The summed E-state index contributed by atoms with van der Waals surface area (Å²) < 4.78 is 13.5. The van der Waals surface area contributed by atoms with Gasteiger partial charge in [0.25, 0.3) is 0 Å². The predicted molar refractivity (Wildman–Crippen MR) is 123 cm³/mol. The first-order valence-electron chi connectivity index (χ1n) is 11.0. The van der Waals surface area contributed by atoms with Crippen molar-refractivity contribution in [3.63, 3.8) is 0 Å². The molecule has 1 fully saturated rings. The van der Waals surface area contributed by atoms with Crippen LogP contribution in [0.4, 0.5) is 0 Å². The van der Waals surface area contributed by atoms with Gasteiger partial charge in [0.05, 0.1) is 30.9 Å². The number of aromatic nitrogens is 2. The van der Waals surface area contributed by atoms with Crippen molar-refractivity contribution in [2.24, 2.45) is 0 Å². The van der Waals surface area contributed by atoms with Gasteiger partial charge in [-0.25, -0.2) is 4.98 Å². The lowest BCUT2D eigenvalue weighted by atomic mass is 9.95. The number of ether oxygens (including phenoxy) is 2. The van der Waals surface area contributed by atoms with Gasteiger partial charge in [-0.2, -0.15) is 0 Å². The Labute approximate surface area is 188 Å². The normalized spacial score (nSPS) is 19.6. The zero-order valence-corrected chi connectivity index (χ0v) is 18.5. The highest BCUT2D eigenvalue weighted by molar-refractivity contribution is 5.98. The topological polar surface area (TPSA) is 56.6 Å². The minimum atomic E-state index is 0.0718. The molecule has 1 atom stereocenters. The molecule has 3 heterocycles. The largest absolute Gasteiger partial charge is 0.495 e. The van der Waals surface area contributed by atoms with Crippen molar-refractivity contribution >= 4 is 12.0 Å². The van der Waals surface area contributed by atoms with Gasteiger partial charge in [0.15, 0.2) is 0 Å². The van der Waals surface area contributed by atoms with Crippen molar-refractivity contribution in [3.8, 4) is 17.2 Å². The number of benzene rings is 2. The molecule has 0 aliphatic carbocycles. The number of carbonyl (C=O) groups is 1. The number of imidazole rings is 1. The number of likely N-dealkylation sites (tertiary alicyclic amines) is 1. The number of rotatable bonds is 4. The van der Waals surface area contributed by atoms with Crippen LogP contribution in [-0.4, -0.2) is 46.7 Å². The Kier molecular flexibility index (Phi) is 5.43. The van der Waals surface area contributed by atoms with E-state index in [1.165, 1.54) is 5.56 Å². The zero-order valence-electron chi connectivity index (χ0n) is 18.5. The molecule has 2 aliphatic heterocycles. The summed E-state index contributed by atoms with van der Waals surface area (Å²) in [6, 6.07) is 14.2. The molecule has 1 aromatic heterocycles. The van der Waals surface area contributed by atoms with Crippen LogP contribution in [-0.2, 0) is 11.2 Å². The van der Waals surface area contributed by atoms with E-state index < -0.39 is 0 Å². The molecule has 0 N–H and O–H groups in total. The SMILES string of the molecule is COc1cc(C=C2CCCN([C@@H]3COc4ccccc4C3)C2=O)ccc1-n1cnc(C)c1. The monoisotopic (exact) mass is 429 g/mol. The number of nitrogens with zero attached hydrogens (tertiary/aromatic N) is 3. The number of carbonyl (C=O) groups excluding carboxylic acids is 1. The highest BCUT2D eigenvalue weighted by atomic mass is 16.5. The summed E-state index contributed by atoms with van der Waals surface area (Å²) >= 11 is 0. The van der Waals surface area contributed by atoms with Gasteiger partial charge in [-0.1, -0.05) is 24.3 Å². The summed E-state index contributed by atoms with van der Waals surface area (Å²) in [5.41, 5.74) is 4.83. The Morgan fingerprint density at radius 3 is 2.91 bits per heavy atom. The number of fused-ring (bicyclic) bond motifs is 1. The van der Waals surface area contributed by atoms with E-state index in [-0.39, 0.29) is 11.9 Å². The van der Waals surface area contributed by atoms with Crippen LogP contribution in [0.25, 0.3) is 11.8 Å². The number of hydrogen-bond acceptors (Lipinski definition) is 4. The molecule has 5 rings (SSSR count). The molecular formula is C26H27N3O3. The molecule has 0 unspecified atom stereocenters. The molecule has 3 aromatic rings. The highest BCUT2D eigenvalue weighted by Gasteiger charge is 2.32. The summed E-state index contributed by atoms with van der Waals surface area (Å²) in [6.07, 6.45) is 8.31. The number of methoxy groups -OCH3 is 1. The molecule has 32 heavy (non-hydrogen) atoms. The molecular weight excluding hydrogens is 402 g/mol. The Morgan fingerprint density at radius 1 is 1.22 bits per heavy atom. The number of para-hydroxylation sites is 1. The fourth-order valence-electron chi connectivity index (χ4n) is 4.58. The van der Waals surface area contributed by atoms with Crippen LogP contribution in [0.3, 0.4) is 0 Å². The first-order chi connectivity index (χ1) is 15.6. The van der Waals surface area contributed by atoms with Gasteiger partial charge in [-0.3, -0.25) is 4.79 Å². The van der Waals surface area contributed by atoms with Gasteiger partial charge in [-0.15, -0.1) is 0 Å². The van der Waals surface area contributed by atoms with Crippen molar-refractivity contribution < 1.29 is 14.3 Å². The summed E-state index contributed by atoms with van der Waals surface area (Å²) in [5.74, 6) is 1.79. The third kappa shape index (κ3) is 3.88. The molecule has 164 valence electrons. The van der Waals surface area contributed by atoms with Crippen LogP contribution in [0, 0.1) is 6.92 Å².